The van der Waals surface area contributed by atoms with Gasteiger partial charge in [0, 0.05) is 11.3 Å². The second-order valence-corrected chi connectivity index (χ2v) is 13.2. The van der Waals surface area contributed by atoms with E-state index in [0.717, 1.165) is 0 Å². The molecule has 4 aliphatic rings. The van der Waals surface area contributed by atoms with Crippen molar-refractivity contribution >= 4 is 5.78 Å². The van der Waals surface area contributed by atoms with Gasteiger partial charge < -0.3 is 30.6 Å². The van der Waals surface area contributed by atoms with Gasteiger partial charge in [0.2, 0.25) is 0 Å². The predicted octanol–water partition coefficient (Wildman–Crippen LogP) is 1.85. The highest BCUT2D eigenvalue weighted by molar-refractivity contribution is 5.95. The number of carbonyl (C=O) groups excluding carboxylic acids is 1. The maximum Gasteiger partial charge on any atom is 0.159 e. The van der Waals surface area contributed by atoms with Gasteiger partial charge >= 0.3 is 0 Å². The van der Waals surface area contributed by atoms with Crippen LogP contribution in [0.15, 0.2) is 11.6 Å². The Balaban J connectivity index is 1.66. The molecule has 3 fully saturated rings. The molecule has 3 saturated carbocycles. The van der Waals surface area contributed by atoms with Gasteiger partial charge in [-0.2, -0.15) is 0 Å². The molecule has 0 amide bonds. The molecule has 6 N–H and O–H groups in total. The normalized spacial score (nSPS) is 47.2. The lowest BCUT2D eigenvalue weighted by molar-refractivity contribution is -0.177. The van der Waals surface area contributed by atoms with E-state index < -0.39 is 45.9 Å². The molecule has 0 heterocycles. The molecule has 7 nitrogen and oxygen atoms in total. The van der Waals surface area contributed by atoms with Crippen LogP contribution in [0.25, 0.3) is 0 Å². The molecule has 0 aromatic carbocycles. The van der Waals surface area contributed by atoms with Gasteiger partial charge in [-0.3, -0.25) is 4.79 Å². The van der Waals surface area contributed by atoms with E-state index in [0.29, 0.717) is 44.1 Å². The highest BCUT2D eigenvalue weighted by Crippen LogP contribution is 2.68. The summed E-state index contributed by atoms with van der Waals surface area (Å²) >= 11 is 0. The van der Waals surface area contributed by atoms with Gasteiger partial charge in [0.05, 0.1) is 35.1 Å². The van der Waals surface area contributed by atoms with Gasteiger partial charge in [0.15, 0.2) is 5.78 Å². The van der Waals surface area contributed by atoms with Crippen molar-refractivity contribution in [2.75, 3.05) is 0 Å². The molecule has 0 saturated heterocycles. The van der Waals surface area contributed by atoms with Crippen LogP contribution in [-0.2, 0) is 4.79 Å². The Morgan fingerprint density at radius 3 is 2.32 bits per heavy atom. The Morgan fingerprint density at radius 1 is 1.06 bits per heavy atom. The maximum atomic E-state index is 13.2. The van der Waals surface area contributed by atoms with Crippen LogP contribution in [0.1, 0.15) is 86.0 Å². The van der Waals surface area contributed by atoms with E-state index in [9.17, 15) is 35.4 Å². The maximum absolute atomic E-state index is 13.2. The number of ketones is 1. The van der Waals surface area contributed by atoms with Crippen molar-refractivity contribution < 1.29 is 35.4 Å². The molecule has 0 spiro atoms. The third-order valence-electron chi connectivity index (χ3n) is 10.5. The third kappa shape index (κ3) is 3.73. The Kier molecular flexibility index (Phi) is 6.24. The largest absolute Gasteiger partial charge is 0.390 e. The minimum Gasteiger partial charge on any atom is -0.390 e. The summed E-state index contributed by atoms with van der Waals surface area (Å²) in [5.74, 6) is -0.948. The number of aliphatic hydroxyl groups is 6. The molecule has 0 radical (unpaired) electrons. The van der Waals surface area contributed by atoms with E-state index in [-0.39, 0.29) is 36.4 Å². The van der Waals surface area contributed by atoms with Crippen molar-refractivity contribution in [2.24, 2.45) is 28.6 Å². The monoisotopic (exact) mass is 480 g/mol. The number of rotatable bonds is 5. The average Bonchev–Trinajstić information content (AvgIpc) is 3.00. The van der Waals surface area contributed by atoms with Gasteiger partial charge in [-0.1, -0.05) is 13.8 Å². The number of carbonyl (C=O) groups is 1. The SMILES string of the molecule is CC(C)(O)CCC(O)[C@](C)(O)C1CCC2(O)C3=CC(=O)C4CC(O)C(O)C[C@]4(C)C3CC[C@]12C. The minimum absolute atomic E-state index is 0.0840. The van der Waals surface area contributed by atoms with Gasteiger partial charge in [0.1, 0.15) is 0 Å². The zero-order chi connectivity index (χ0) is 25.5. The second-order valence-electron chi connectivity index (χ2n) is 13.2. The number of hydrogen-bond acceptors (Lipinski definition) is 7. The number of hydrogen-bond donors (Lipinski definition) is 6. The average molecular weight is 481 g/mol. The number of allylic oxidation sites excluding steroid dienone is 1. The van der Waals surface area contributed by atoms with Crippen molar-refractivity contribution in [3.8, 4) is 0 Å². The Bertz CT molecular complexity index is 860. The molecule has 7 unspecified atom stereocenters. The molecule has 4 aliphatic carbocycles. The van der Waals surface area contributed by atoms with Crippen LogP contribution in [0, 0.1) is 28.6 Å². The summed E-state index contributed by atoms with van der Waals surface area (Å²) < 4.78 is 0. The molecule has 7 heteroatoms. The first-order valence-electron chi connectivity index (χ1n) is 12.9. The highest BCUT2D eigenvalue weighted by Gasteiger charge is 2.69. The van der Waals surface area contributed by atoms with Crippen LogP contribution < -0.4 is 0 Å². The molecule has 0 aromatic rings. The Hall–Kier alpha value is -0.830. The van der Waals surface area contributed by atoms with Crippen LogP contribution >= 0.6 is 0 Å². The molecule has 34 heavy (non-hydrogen) atoms. The fourth-order valence-electron chi connectivity index (χ4n) is 8.32. The van der Waals surface area contributed by atoms with Gasteiger partial charge in [-0.15, -0.1) is 0 Å². The molecule has 194 valence electrons. The van der Waals surface area contributed by atoms with E-state index >= 15 is 0 Å². The standard InChI is InChI=1S/C27H44O7/c1-23(2,32)9-8-22(31)26(5,33)21-7-11-27(34)16-12-18(28)17-13-19(29)20(30)14-24(17,3)15(16)6-10-25(21,27)4/h12,15,17,19-22,29-34H,6-11,13-14H2,1-5H3/t15?,17?,19?,20?,21?,22?,24-,25-,26-,27?/m1/s1. The molecule has 4 rings (SSSR count). The van der Waals surface area contributed by atoms with Gasteiger partial charge in [0.25, 0.3) is 0 Å². The van der Waals surface area contributed by atoms with E-state index in [4.69, 9.17) is 0 Å². The Labute approximate surface area is 202 Å². The second kappa shape index (κ2) is 8.09. The van der Waals surface area contributed by atoms with Gasteiger partial charge in [-0.25, -0.2) is 0 Å². The zero-order valence-electron chi connectivity index (χ0n) is 21.3. The summed E-state index contributed by atoms with van der Waals surface area (Å²) in [6, 6.07) is 0. The number of aliphatic hydroxyl groups excluding tert-OH is 3. The predicted molar refractivity (Wildman–Crippen MR) is 127 cm³/mol. The highest BCUT2D eigenvalue weighted by atomic mass is 16.3. The summed E-state index contributed by atoms with van der Waals surface area (Å²) in [6.45, 7) is 8.96. The fourth-order valence-corrected chi connectivity index (χ4v) is 8.32. The van der Waals surface area contributed by atoms with Crippen molar-refractivity contribution in [3.63, 3.8) is 0 Å². The lowest BCUT2D eigenvalue weighted by Crippen LogP contribution is -2.62. The summed E-state index contributed by atoms with van der Waals surface area (Å²) in [5.41, 5.74) is -4.27. The van der Waals surface area contributed by atoms with E-state index in [2.05, 4.69) is 0 Å². The smallest absolute Gasteiger partial charge is 0.159 e. The van der Waals surface area contributed by atoms with Crippen LogP contribution in [0.5, 0.6) is 0 Å². The summed E-state index contributed by atoms with van der Waals surface area (Å²) in [5, 5.41) is 65.5. The Morgan fingerprint density at radius 2 is 1.71 bits per heavy atom. The lowest BCUT2D eigenvalue weighted by atomic mass is 9.45. The molecule has 10 atom stereocenters. The van der Waals surface area contributed by atoms with Crippen LogP contribution in [0.3, 0.4) is 0 Å². The summed E-state index contributed by atoms with van der Waals surface area (Å²) in [7, 11) is 0. The quantitative estimate of drug-likeness (QED) is 0.353. The molecule has 0 bridgehead atoms. The molecule has 0 aliphatic heterocycles. The van der Waals surface area contributed by atoms with Gasteiger partial charge in [-0.05, 0) is 101 Å². The molecule has 0 aromatic heterocycles. The van der Waals surface area contributed by atoms with Crippen LogP contribution in [0.4, 0.5) is 0 Å². The first kappa shape index (κ1) is 26.2. The molecular weight excluding hydrogens is 436 g/mol. The van der Waals surface area contributed by atoms with E-state index in [1.54, 1.807) is 26.8 Å². The first-order chi connectivity index (χ1) is 15.5. The van der Waals surface area contributed by atoms with Crippen molar-refractivity contribution in [1.29, 1.82) is 0 Å². The zero-order valence-corrected chi connectivity index (χ0v) is 21.3. The summed E-state index contributed by atoms with van der Waals surface area (Å²) in [6.07, 6.45) is 2.11. The topological polar surface area (TPSA) is 138 Å². The van der Waals surface area contributed by atoms with Crippen molar-refractivity contribution in [2.45, 2.75) is 121 Å². The molecular formula is C27H44O7. The third-order valence-corrected chi connectivity index (χ3v) is 10.5. The fraction of sp³-hybridized carbons (Fsp3) is 0.889. The van der Waals surface area contributed by atoms with E-state index in [1.807, 2.05) is 13.8 Å². The summed E-state index contributed by atoms with van der Waals surface area (Å²) in [4.78, 5) is 13.2. The van der Waals surface area contributed by atoms with Crippen LogP contribution in [0.2, 0.25) is 0 Å². The lowest BCUT2D eigenvalue weighted by Gasteiger charge is -2.60. The van der Waals surface area contributed by atoms with Crippen LogP contribution in [-0.4, -0.2) is 71.5 Å². The minimum atomic E-state index is -1.46. The van der Waals surface area contributed by atoms with Crippen molar-refractivity contribution in [1.82, 2.24) is 0 Å². The van der Waals surface area contributed by atoms with E-state index in [1.165, 1.54) is 0 Å². The van der Waals surface area contributed by atoms with Crippen molar-refractivity contribution in [3.05, 3.63) is 11.6 Å². The number of fused-ring (bicyclic) bond motifs is 5. The first-order valence-corrected chi connectivity index (χ1v) is 12.9.